The van der Waals surface area contributed by atoms with Crippen molar-refractivity contribution >= 4 is 11.9 Å². The standard InChI is InChI=1S/C20H23NO3/c1-14-8-6-7-9-16(14)12-13-18(22)21-19(15(2)20(23)24)17-10-4-3-5-11-17/h3-11,15,19H,12-13H2,1-2H3,(H,21,22)(H,23,24). The fourth-order valence-corrected chi connectivity index (χ4v) is 2.68. The Kier molecular flexibility index (Phi) is 6.13. The van der Waals surface area contributed by atoms with Gasteiger partial charge in [-0.05, 0) is 37.0 Å². The normalized spacial score (nSPS) is 13.1. The van der Waals surface area contributed by atoms with Gasteiger partial charge in [0.15, 0.2) is 0 Å². The van der Waals surface area contributed by atoms with Crippen LogP contribution in [0.15, 0.2) is 54.6 Å². The number of amides is 1. The van der Waals surface area contributed by atoms with E-state index in [1.54, 1.807) is 6.92 Å². The first-order valence-corrected chi connectivity index (χ1v) is 8.10. The zero-order valence-electron chi connectivity index (χ0n) is 14.0. The molecule has 24 heavy (non-hydrogen) atoms. The minimum Gasteiger partial charge on any atom is -0.481 e. The van der Waals surface area contributed by atoms with E-state index in [2.05, 4.69) is 5.32 Å². The van der Waals surface area contributed by atoms with Crippen LogP contribution < -0.4 is 5.32 Å². The smallest absolute Gasteiger partial charge is 0.308 e. The topological polar surface area (TPSA) is 66.4 Å². The predicted molar refractivity (Wildman–Crippen MR) is 93.6 cm³/mol. The van der Waals surface area contributed by atoms with Gasteiger partial charge in [0.25, 0.3) is 0 Å². The van der Waals surface area contributed by atoms with E-state index in [1.807, 2.05) is 61.5 Å². The highest BCUT2D eigenvalue weighted by Crippen LogP contribution is 2.22. The number of hydrogen-bond acceptors (Lipinski definition) is 2. The summed E-state index contributed by atoms with van der Waals surface area (Å²) in [6.45, 7) is 3.63. The number of nitrogens with one attached hydrogen (secondary N) is 1. The zero-order chi connectivity index (χ0) is 17.5. The van der Waals surface area contributed by atoms with Gasteiger partial charge in [-0.25, -0.2) is 0 Å². The van der Waals surface area contributed by atoms with E-state index in [1.165, 1.54) is 0 Å². The third-order valence-corrected chi connectivity index (χ3v) is 4.25. The fourth-order valence-electron chi connectivity index (χ4n) is 2.68. The third-order valence-electron chi connectivity index (χ3n) is 4.25. The maximum absolute atomic E-state index is 12.3. The van der Waals surface area contributed by atoms with Crippen molar-refractivity contribution in [2.75, 3.05) is 0 Å². The van der Waals surface area contributed by atoms with Crippen LogP contribution in [0.4, 0.5) is 0 Å². The van der Waals surface area contributed by atoms with E-state index >= 15 is 0 Å². The molecule has 0 aliphatic carbocycles. The first-order valence-electron chi connectivity index (χ1n) is 8.10. The van der Waals surface area contributed by atoms with E-state index in [9.17, 15) is 14.7 Å². The van der Waals surface area contributed by atoms with Gasteiger partial charge in [-0.2, -0.15) is 0 Å². The van der Waals surface area contributed by atoms with E-state index in [0.29, 0.717) is 12.8 Å². The molecule has 0 saturated carbocycles. The average Bonchev–Trinajstić information content (AvgIpc) is 2.59. The molecule has 4 nitrogen and oxygen atoms in total. The molecule has 0 fully saturated rings. The van der Waals surface area contributed by atoms with Gasteiger partial charge < -0.3 is 10.4 Å². The molecule has 1 amide bonds. The lowest BCUT2D eigenvalue weighted by atomic mass is 9.94. The highest BCUT2D eigenvalue weighted by molar-refractivity contribution is 5.78. The van der Waals surface area contributed by atoms with Crippen LogP contribution in [0, 0.1) is 12.8 Å². The lowest BCUT2D eigenvalue weighted by Gasteiger charge is -2.23. The Morgan fingerprint density at radius 2 is 1.67 bits per heavy atom. The second-order valence-corrected chi connectivity index (χ2v) is 6.01. The molecule has 0 radical (unpaired) electrons. The largest absolute Gasteiger partial charge is 0.481 e. The quantitative estimate of drug-likeness (QED) is 0.819. The molecule has 4 heteroatoms. The molecule has 2 rings (SSSR count). The lowest BCUT2D eigenvalue weighted by Crippen LogP contribution is -2.35. The SMILES string of the molecule is Cc1ccccc1CCC(=O)NC(c1ccccc1)C(C)C(=O)O. The average molecular weight is 325 g/mol. The van der Waals surface area contributed by atoms with Gasteiger partial charge in [0.1, 0.15) is 0 Å². The molecule has 2 N–H and O–H groups in total. The number of carbonyl (C=O) groups is 2. The molecule has 126 valence electrons. The summed E-state index contributed by atoms with van der Waals surface area (Å²) in [4.78, 5) is 23.7. The van der Waals surface area contributed by atoms with Crippen molar-refractivity contribution in [1.29, 1.82) is 0 Å². The van der Waals surface area contributed by atoms with Crippen molar-refractivity contribution in [3.63, 3.8) is 0 Å². The van der Waals surface area contributed by atoms with E-state index in [0.717, 1.165) is 16.7 Å². The van der Waals surface area contributed by atoms with Gasteiger partial charge in [0, 0.05) is 6.42 Å². The van der Waals surface area contributed by atoms with E-state index in [4.69, 9.17) is 0 Å². The molecule has 0 saturated heterocycles. The van der Waals surface area contributed by atoms with Crippen molar-refractivity contribution in [3.05, 3.63) is 71.3 Å². The second kappa shape index (κ2) is 8.29. The van der Waals surface area contributed by atoms with Gasteiger partial charge in [0.05, 0.1) is 12.0 Å². The van der Waals surface area contributed by atoms with Crippen molar-refractivity contribution in [1.82, 2.24) is 5.32 Å². The van der Waals surface area contributed by atoms with Crippen LogP contribution in [0.25, 0.3) is 0 Å². The van der Waals surface area contributed by atoms with Crippen LogP contribution in [0.1, 0.15) is 36.1 Å². The minimum absolute atomic E-state index is 0.139. The number of rotatable bonds is 7. The van der Waals surface area contributed by atoms with Gasteiger partial charge in [-0.3, -0.25) is 9.59 Å². The van der Waals surface area contributed by atoms with Crippen LogP contribution in [0.5, 0.6) is 0 Å². The monoisotopic (exact) mass is 325 g/mol. The van der Waals surface area contributed by atoms with Crippen LogP contribution >= 0.6 is 0 Å². The summed E-state index contributed by atoms with van der Waals surface area (Å²) < 4.78 is 0. The van der Waals surface area contributed by atoms with Crippen LogP contribution in [0.3, 0.4) is 0 Å². The summed E-state index contributed by atoms with van der Waals surface area (Å²) in [5.74, 6) is -1.77. The fraction of sp³-hybridized carbons (Fsp3) is 0.300. The maximum Gasteiger partial charge on any atom is 0.308 e. The molecule has 0 bridgehead atoms. The second-order valence-electron chi connectivity index (χ2n) is 6.01. The van der Waals surface area contributed by atoms with Gasteiger partial charge >= 0.3 is 5.97 Å². The molecule has 0 aliphatic heterocycles. The predicted octanol–water partition coefficient (Wildman–Crippen LogP) is 3.51. The third kappa shape index (κ3) is 4.69. The number of aliphatic carboxylic acids is 1. The highest BCUT2D eigenvalue weighted by atomic mass is 16.4. The first-order chi connectivity index (χ1) is 11.5. The Hall–Kier alpha value is -2.62. The van der Waals surface area contributed by atoms with Gasteiger partial charge in [-0.15, -0.1) is 0 Å². The number of carboxylic acids is 1. The molecule has 0 aromatic heterocycles. The number of carbonyl (C=O) groups excluding carboxylic acids is 1. The molecule has 0 heterocycles. The first kappa shape index (κ1) is 17.7. The van der Waals surface area contributed by atoms with Crippen molar-refractivity contribution < 1.29 is 14.7 Å². The molecule has 2 unspecified atom stereocenters. The summed E-state index contributed by atoms with van der Waals surface area (Å²) in [7, 11) is 0. The van der Waals surface area contributed by atoms with Crippen LogP contribution in [-0.2, 0) is 16.0 Å². The zero-order valence-corrected chi connectivity index (χ0v) is 14.0. The van der Waals surface area contributed by atoms with Gasteiger partial charge in [0.2, 0.25) is 5.91 Å². The van der Waals surface area contributed by atoms with E-state index in [-0.39, 0.29) is 5.91 Å². The highest BCUT2D eigenvalue weighted by Gasteiger charge is 2.26. The van der Waals surface area contributed by atoms with Crippen molar-refractivity contribution in [3.8, 4) is 0 Å². The van der Waals surface area contributed by atoms with Gasteiger partial charge in [-0.1, -0.05) is 54.6 Å². The number of benzene rings is 2. The lowest BCUT2D eigenvalue weighted by molar-refractivity contribution is -0.142. The molecule has 2 aromatic carbocycles. The number of hydrogen-bond donors (Lipinski definition) is 2. The summed E-state index contributed by atoms with van der Waals surface area (Å²) in [6.07, 6.45) is 0.974. The molecular weight excluding hydrogens is 302 g/mol. The molecule has 0 spiro atoms. The molecular formula is C20H23NO3. The van der Waals surface area contributed by atoms with Crippen molar-refractivity contribution in [2.24, 2.45) is 5.92 Å². The molecule has 0 aliphatic rings. The minimum atomic E-state index is -0.928. The Morgan fingerprint density at radius 1 is 1.04 bits per heavy atom. The van der Waals surface area contributed by atoms with E-state index < -0.39 is 17.9 Å². The summed E-state index contributed by atoms with van der Waals surface area (Å²) in [6, 6.07) is 16.7. The summed E-state index contributed by atoms with van der Waals surface area (Å²) in [5.41, 5.74) is 3.09. The Balaban J connectivity index is 2.05. The molecule has 2 atom stereocenters. The van der Waals surface area contributed by atoms with Crippen LogP contribution in [0.2, 0.25) is 0 Å². The Labute approximate surface area is 142 Å². The number of carboxylic acid groups (broad SMARTS) is 1. The number of aryl methyl sites for hydroxylation is 2. The Bertz CT molecular complexity index is 697. The summed E-state index contributed by atoms with van der Waals surface area (Å²) >= 11 is 0. The van der Waals surface area contributed by atoms with Crippen LogP contribution in [-0.4, -0.2) is 17.0 Å². The maximum atomic E-state index is 12.3. The Morgan fingerprint density at radius 3 is 2.29 bits per heavy atom. The van der Waals surface area contributed by atoms with Crippen molar-refractivity contribution in [2.45, 2.75) is 32.7 Å². The molecule has 2 aromatic rings. The summed E-state index contributed by atoms with van der Waals surface area (Å²) in [5, 5.41) is 12.2.